The lowest BCUT2D eigenvalue weighted by Gasteiger charge is -2.16. The number of hydrogen-bond acceptors (Lipinski definition) is 5. The van der Waals surface area contributed by atoms with Crippen LogP contribution in [-0.2, 0) is 21.2 Å². The van der Waals surface area contributed by atoms with Crippen LogP contribution in [0.1, 0.15) is 18.4 Å². The van der Waals surface area contributed by atoms with Gasteiger partial charge in [0.1, 0.15) is 0 Å². The smallest absolute Gasteiger partial charge is 0.230 e. The van der Waals surface area contributed by atoms with Crippen molar-refractivity contribution >= 4 is 27.5 Å². The van der Waals surface area contributed by atoms with Crippen LogP contribution in [0.2, 0.25) is 0 Å². The Bertz CT molecular complexity index is 620. The van der Waals surface area contributed by atoms with Crippen LogP contribution in [-0.4, -0.2) is 61.9 Å². The number of rotatable bonds is 9. The number of hydrogen-bond donors (Lipinski definition) is 1. The molecule has 24 heavy (non-hydrogen) atoms. The van der Waals surface area contributed by atoms with Gasteiger partial charge in [0.25, 0.3) is 0 Å². The van der Waals surface area contributed by atoms with Crippen molar-refractivity contribution in [2.24, 2.45) is 0 Å². The second-order valence-electron chi connectivity index (χ2n) is 6.26. The van der Waals surface area contributed by atoms with Gasteiger partial charge in [-0.15, -0.1) is 11.8 Å². The number of nitrogens with one attached hydrogen (secondary N) is 1. The van der Waals surface area contributed by atoms with Crippen molar-refractivity contribution in [3.05, 3.63) is 35.9 Å². The van der Waals surface area contributed by atoms with Crippen LogP contribution < -0.4 is 5.32 Å². The first-order valence-corrected chi connectivity index (χ1v) is 11.1. The van der Waals surface area contributed by atoms with Crippen LogP contribution in [0.5, 0.6) is 0 Å². The Kier molecular flexibility index (Phi) is 7.58. The minimum absolute atomic E-state index is 0.00462. The van der Waals surface area contributed by atoms with Crippen molar-refractivity contribution in [2.45, 2.75) is 24.6 Å². The van der Waals surface area contributed by atoms with E-state index in [-0.39, 0.29) is 22.7 Å². The van der Waals surface area contributed by atoms with Gasteiger partial charge in [-0.2, -0.15) is 0 Å². The molecule has 0 saturated carbocycles. The summed E-state index contributed by atoms with van der Waals surface area (Å²) in [5.74, 6) is 0.824. The second-order valence-corrected chi connectivity index (χ2v) is 9.78. The molecule has 7 heteroatoms. The molecule has 2 rings (SSSR count). The highest BCUT2D eigenvalue weighted by Gasteiger charge is 2.28. The van der Waals surface area contributed by atoms with E-state index in [9.17, 15) is 13.2 Å². The quantitative estimate of drug-likeness (QED) is 0.668. The molecule has 0 aromatic heterocycles. The van der Waals surface area contributed by atoms with Crippen molar-refractivity contribution < 1.29 is 13.2 Å². The van der Waals surface area contributed by atoms with Crippen LogP contribution in [0.25, 0.3) is 0 Å². The first-order chi connectivity index (χ1) is 11.4. The summed E-state index contributed by atoms with van der Waals surface area (Å²) in [6.07, 6.45) is 1.57. The maximum atomic E-state index is 11.8. The Morgan fingerprint density at radius 1 is 1.33 bits per heavy atom. The van der Waals surface area contributed by atoms with Gasteiger partial charge in [-0.3, -0.25) is 4.79 Å². The van der Waals surface area contributed by atoms with Gasteiger partial charge in [0, 0.05) is 18.3 Å². The molecule has 1 aromatic rings. The summed E-state index contributed by atoms with van der Waals surface area (Å²) in [7, 11) is -0.783. The number of nitrogens with zero attached hydrogens (tertiary/aromatic N) is 1. The highest BCUT2D eigenvalue weighted by molar-refractivity contribution is 8.02. The summed E-state index contributed by atoms with van der Waals surface area (Å²) in [5, 5.41) is 2.99. The number of carbonyl (C=O) groups excluding carboxylic acids is 1. The van der Waals surface area contributed by atoms with Crippen molar-refractivity contribution in [2.75, 3.05) is 37.4 Å². The SMILES string of the molecule is CN(CCCNC(=O)CSC1CCS(=O)(=O)C1)Cc1ccccc1. The van der Waals surface area contributed by atoms with E-state index >= 15 is 0 Å². The summed E-state index contributed by atoms with van der Waals surface area (Å²) in [5.41, 5.74) is 1.28. The van der Waals surface area contributed by atoms with E-state index in [1.54, 1.807) is 0 Å². The molecule has 1 aliphatic heterocycles. The first-order valence-electron chi connectivity index (χ1n) is 8.26. The molecule has 5 nitrogen and oxygen atoms in total. The zero-order valence-electron chi connectivity index (χ0n) is 14.1. The van der Waals surface area contributed by atoms with Gasteiger partial charge in [0.2, 0.25) is 5.91 Å². The fraction of sp³-hybridized carbons (Fsp3) is 0.588. The Labute approximate surface area is 149 Å². The first kappa shape index (κ1) is 19.3. The van der Waals surface area contributed by atoms with Crippen LogP contribution in [0, 0.1) is 0 Å². The molecule has 1 aliphatic rings. The van der Waals surface area contributed by atoms with Crippen molar-refractivity contribution in [1.82, 2.24) is 10.2 Å². The lowest BCUT2D eigenvalue weighted by Crippen LogP contribution is -2.29. The Morgan fingerprint density at radius 3 is 2.75 bits per heavy atom. The molecule has 1 unspecified atom stereocenters. The Morgan fingerprint density at radius 2 is 2.08 bits per heavy atom. The van der Waals surface area contributed by atoms with E-state index < -0.39 is 9.84 Å². The van der Waals surface area contributed by atoms with Gasteiger partial charge < -0.3 is 10.2 Å². The minimum Gasteiger partial charge on any atom is -0.355 e. The third-order valence-electron chi connectivity index (χ3n) is 3.97. The molecule has 1 fully saturated rings. The molecule has 1 saturated heterocycles. The molecule has 1 N–H and O–H groups in total. The minimum atomic E-state index is -2.86. The summed E-state index contributed by atoms with van der Waals surface area (Å²) < 4.78 is 22.7. The normalized spacial score (nSPS) is 19.5. The average Bonchev–Trinajstić information content (AvgIpc) is 2.90. The molecule has 0 spiro atoms. The fourth-order valence-corrected chi connectivity index (χ4v) is 6.16. The predicted molar refractivity (Wildman–Crippen MR) is 99.9 cm³/mol. The molecule has 1 atom stereocenters. The van der Waals surface area contributed by atoms with E-state index in [4.69, 9.17) is 0 Å². The van der Waals surface area contributed by atoms with E-state index in [0.29, 0.717) is 18.7 Å². The van der Waals surface area contributed by atoms with E-state index in [1.807, 2.05) is 18.2 Å². The van der Waals surface area contributed by atoms with Crippen molar-refractivity contribution in [1.29, 1.82) is 0 Å². The molecule has 0 aliphatic carbocycles. The monoisotopic (exact) mass is 370 g/mol. The number of amides is 1. The lowest BCUT2D eigenvalue weighted by molar-refractivity contribution is -0.118. The molecular weight excluding hydrogens is 344 g/mol. The maximum Gasteiger partial charge on any atom is 0.230 e. The molecule has 1 aromatic carbocycles. The molecule has 134 valence electrons. The topological polar surface area (TPSA) is 66.5 Å². The summed E-state index contributed by atoms with van der Waals surface area (Å²) in [4.78, 5) is 14.0. The second kappa shape index (κ2) is 9.44. The van der Waals surface area contributed by atoms with Gasteiger partial charge in [-0.05, 0) is 32.0 Å². The Balaban J connectivity index is 1.53. The van der Waals surface area contributed by atoms with Crippen LogP contribution in [0.4, 0.5) is 0 Å². The molecule has 1 amide bonds. The molecular formula is C17H26N2O3S2. The maximum absolute atomic E-state index is 11.8. The fourth-order valence-electron chi connectivity index (χ4n) is 2.69. The zero-order chi connectivity index (χ0) is 17.4. The van der Waals surface area contributed by atoms with Gasteiger partial charge in [-0.1, -0.05) is 30.3 Å². The van der Waals surface area contributed by atoms with E-state index in [1.165, 1.54) is 17.3 Å². The predicted octanol–water partition coefficient (Wildman–Crippen LogP) is 1.55. The standard InChI is InChI=1S/C17H26N2O3S2/c1-19(12-15-6-3-2-4-7-15)10-5-9-18-17(20)13-23-16-8-11-24(21,22)14-16/h2-4,6-7,16H,5,8-14H2,1H3,(H,18,20). The van der Waals surface area contributed by atoms with Gasteiger partial charge in [0.15, 0.2) is 9.84 Å². The van der Waals surface area contributed by atoms with E-state index in [2.05, 4.69) is 29.4 Å². The highest BCUT2D eigenvalue weighted by Crippen LogP contribution is 2.23. The number of carbonyl (C=O) groups is 1. The number of benzene rings is 1. The highest BCUT2D eigenvalue weighted by atomic mass is 32.2. The third kappa shape index (κ3) is 7.23. The van der Waals surface area contributed by atoms with Crippen LogP contribution in [0.15, 0.2) is 30.3 Å². The zero-order valence-corrected chi connectivity index (χ0v) is 15.7. The molecule has 0 radical (unpaired) electrons. The van der Waals surface area contributed by atoms with Gasteiger partial charge >= 0.3 is 0 Å². The van der Waals surface area contributed by atoms with Crippen molar-refractivity contribution in [3.8, 4) is 0 Å². The van der Waals surface area contributed by atoms with Crippen molar-refractivity contribution in [3.63, 3.8) is 0 Å². The summed E-state index contributed by atoms with van der Waals surface area (Å²) >= 11 is 1.46. The van der Waals surface area contributed by atoms with E-state index in [0.717, 1.165) is 19.5 Å². The third-order valence-corrected chi connectivity index (χ3v) is 7.26. The van der Waals surface area contributed by atoms with Gasteiger partial charge in [0.05, 0.1) is 17.3 Å². The molecule has 0 bridgehead atoms. The molecule has 1 heterocycles. The number of thioether (sulfide) groups is 1. The lowest BCUT2D eigenvalue weighted by atomic mass is 10.2. The Hall–Kier alpha value is -1.05. The average molecular weight is 371 g/mol. The largest absolute Gasteiger partial charge is 0.355 e. The number of sulfone groups is 1. The van der Waals surface area contributed by atoms with Crippen LogP contribution >= 0.6 is 11.8 Å². The van der Waals surface area contributed by atoms with Gasteiger partial charge in [-0.25, -0.2) is 8.42 Å². The summed E-state index contributed by atoms with van der Waals surface area (Å²) in [6.45, 7) is 2.48. The summed E-state index contributed by atoms with van der Waals surface area (Å²) in [6, 6.07) is 10.3. The van der Waals surface area contributed by atoms with Crippen LogP contribution in [0.3, 0.4) is 0 Å².